The highest BCUT2D eigenvalue weighted by Crippen LogP contribution is 2.42. The van der Waals surface area contributed by atoms with Crippen LogP contribution in [0.4, 0.5) is 0 Å². The second-order valence-corrected chi connectivity index (χ2v) is 14.6. The van der Waals surface area contributed by atoms with E-state index in [1.54, 1.807) is 7.11 Å². The van der Waals surface area contributed by atoms with Gasteiger partial charge >= 0.3 is 0 Å². The topological polar surface area (TPSA) is 55.8 Å². The van der Waals surface area contributed by atoms with Gasteiger partial charge in [-0.05, 0) is 58.9 Å². The summed E-state index contributed by atoms with van der Waals surface area (Å²) in [5, 5.41) is 0. The van der Waals surface area contributed by atoms with Crippen molar-refractivity contribution in [2.45, 2.75) is 77.2 Å². The molecule has 178 valence electrons. The van der Waals surface area contributed by atoms with Crippen LogP contribution in [0.1, 0.15) is 69.1 Å². The predicted molar refractivity (Wildman–Crippen MR) is 134 cm³/mol. The minimum atomic E-state index is -2.04. The van der Waals surface area contributed by atoms with Crippen LogP contribution in [0.3, 0.4) is 0 Å². The molecule has 1 aliphatic heterocycles. The maximum atomic E-state index is 13.5. The normalized spacial score (nSPS) is 18.8. The zero-order valence-electron chi connectivity index (χ0n) is 21.0. The molecular weight excluding hydrogens is 430 g/mol. The minimum Gasteiger partial charge on any atom is -0.497 e. The van der Waals surface area contributed by atoms with Gasteiger partial charge in [0.25, 0.3) is 11.8 Å². The van der Waals surface area contributed by atoms with E-state index in [4.69, 9.17) is 9.16 Å². The summed E-state index contributed by atoms with van der Waals surface area (Å²) in [5.74, 6) is 0.211. The van der Waals surface area contributed by atoms with Crippen molar-refractivity contribution in [1.29, 1.82) is 0 Å². The number of hydrogen-bond donors (Lipinski definition) is 0. The molecular formula is C27H37NO4Si. The lowest BCUT2D eigenvalue weighted by molar-refractivity contribution is -0.158. The van der Waals surface area contributed by atoms with Gasteiger partial charge in [0.2, 0.25) is 0 Å². The molecule has 33 heavy (non-hydrogen) atoms. The summed E-state index contributed by atoms with van der Waals surface area (Å²) >= 11 is 0. The van der Waals surface area contributed by atoms with Crippen LogP contribution >= 0.6 is 0 Å². The van der Waals surface area contributed by atoms with Gasteiger partial charge in [-0.2, -0.15) is 0 Å². The van der Waals surface area contributed by atoms with E-state index in [0.29, 0.717) is 5.56 Å². The van der Waals surface area contributed by atoms with Crippen molar-refractivity contribution in [3.63, 3.8) is 0 Å². The van der Waals surface area contributed by atoms with Crippen LogP contribution in [-0.4, -0.2) is 38.2 Å². The maximum Gasteiger partial charge on any atom is 0.261 e. The van der Waals surface area contributed by atoms with E-state index in [2.05, 4.69) is 41.5 Å². The molecule has 1 heterocycles. The van der Waals surface area contributed by atoms with E-state index < -0.39 is 20.5 Å². The van der Waals surface area contributed by atoms with Crippen molar-refractivity contribution < 1.29 is 18.8 Å². The van der Waals surface area contributed by atoms with Gasteiger partial charge < -0.3 is 9.16 Å². The largest absolute Gasteiger partial charge is 0.497 e. The fourth-order valence-corrected chi connectivity index (χ4v) is 7.22. The van der Waals surface area contributed by atoms with Crippen molar-refractivity contribution in [3.05, 3.63) is 65.2 Å². The Morgan fingerprint density at radius 1 is 0.939 bits per heavy atom. The Hall–Kier alpha value is -2.44. The molecule has 1 saturated heterocycles. The summed E-state index contributed by atoms with van der Waals surface area (Å²) in [6.07, 6.45) is -0.622. The van der Waals surface area contributed by atoms with Gasteiger partial charge in [-0.3, -0.25) is 14.5 Å². The van der Waals surface area contributed by atoms with Crippen LogP contribution in [0.5, 0.6) is 5.75 Å². The van der Waals surface area contributed by atoms with E-state index >= 15 is 0 Å². The van der Waals surface area contributed by atoms with Gasteiger partial charge in [0, 0.05) is 5.56 Å². The fourth-order valence-electron chi connectivity index (χ4n) is 4.45. The molecule has 1 aliphatic rings. The maximum absolute atomic E-state index is 13.5. The molecule has 2 aromatic carbocycles. The Balaban J connectivity index is 1.95. The summed E-state index contributed by atoms with van der Waals surface area (Å²) in [6, 6.07) is 17.5. The molecule has 2 unspecified atom stereocenters. The monoisotopic (exact) mass is 467 g/mol. The van der Waals surface area contributed by atoms with Crippen LogP contribution in [0.25, 0.3) is 0 Å². The number of benzene rings is 2. The number of imide groups is 1. The number of methoxy groups -OCH3 is 1. The summed E-state index contributed by atoms with van der Waals surface area (Å²) in [7, 11) is -0.420. The second-order valence-electron chi connectivity index (χ2n) is 9.84. The van der Waals surface area contributed by atoms with Gasteiger partial charge in [-0.25, -0.2) is 0 Å². The molecule has 0 aromatic heterocycles. The van der Waals surface area contributed by atoms with Crippen LogP contribution in [0.15, 0.2) is 48.5 Å². The molecule has 2 amide bonds. The Morgan fingerprint density at radius 2 is 1.48 bits per heavy atom. The average molecular weight is 468 g/mol. The van der Waals surface area contributed by atoms with Crippen molar-refractivity contribution in [3.8, 4) is 5.75 Å². The first kappa shape index (κ1) is 25.2. The Kier molecular flexibility index (Phi) is 7.49. The SMILES string of the molecule is CC[Si](CC)(CC)OC1C(=O)N(C(=O)c2ccc(C(C)(C)C)cc2)C1c1ccc(OC)cc1. The molecule has 6 heteroatoms. The van der Waals surface area contributed by atoms with E-state index in [9.17, 15) is 9.59 Å². The van der Waals surface area contributed by atoms with E-state index in [-0.39, 0.29) is 17.2 Å². The smallest absolute Gasteiger partial charge is 0.261 e. The quantitative estimate of drug-likeness (QED) is 0.267. The zero-order chi connectivity index (χ0) is 24.4. The molecule has 0 N–H and O–H groups in total. The standard InChI is InChI=1S/C27H37NO4Si/c1-8-33(9-2,10-3)32-24-23(19-13-17-22(31-7)18-14-19)28(26(24)30)25(29)20-11-15-21(16-12-20)27(4,5)6/h11-18,23-24H,8-10H2,1-7H3. The van der Waals surface area contributed by atoms with Gasteiger partial charge in [0.15, 0.2) is 14.4 Å². The van der Waals surface area contributed by atoms with Gasteiger partial charge in [0.05, 0.1) is 13.2 Å². The number of β-lactam (4-membered cyclic amide) rings is 1. The van der Waals surface area contributed by atoms with Crippen molar-refractivity contribution in [2.75, 3.05) is 7.11 Å². The van der Waals surface area contributed by atoms with Crippen molar-refractivity contribution in [1.82, 2.24) is 4.90 Å². The fraction of sp³-hybridized carbons (Fsp3) is 0.481. The summed E-state index contributed by atoms with van der Waals surface area (Å²) in [6.45, 7) is 12.8. The molecule has 3 rings (SSSR count). The van der Waals surface area contributed by atoms with E-state index in [1.165, 1.54) is 4.90 Å². The molecule has 2 aromatic rings. The highest BCUT2D eigenvalue weighted by Gasteiger charge is 2.54. The van der Waals surface area contributed by atoms with Crippen LogP contribution in [-0.2, 0) is 14.6 Å². The third kappa shape index (κ3) is 4.92. The average Bonchev–Trinajstić information content (AvgIpc) is 2.83. The molecule has 0 spiro atoms. The highest BCUT2D eigenvalue weighted by atomic mass is 28.4. The Bertz CT molecular complexity index is 966. The lowest BCUT2D eigenvalue weighted by Crippen LogP contribution is -2.64. The first-order valence-corrected chi connectivity index (χ1v) is 14.4. The lowest BCUT2D eigenvalue weighted by atomic mass is 9.86. The number of carbonyl (C=O) groups excluding carboxylic acids is 2. The number of rotatable bonds is 8. The number of ether oxygens (including phenoxy) is 1. The van der Waals surface area contributed by atoms with Crippen LogP contribution in [0.2, 0.25) is 18.1 Å². The molecule has 5 nitrogen and oxygen atoms in total. The van der Waals surface area contributed by atoms with Gasteiger partial charge in [-0.1, -0.05) is 65.8 Å². The summed E-state index contributed by atoms with van der Waals surface area (Å²) < 4.78 is 11.9. The number of carbonyl (C=O) groups is 2. The van der Waals surface area contributed by atoms with E-state index in [0.717, 1.165) is 35.0 Å². The number of nitrogens with zero attached hydrogens (tertiary/aromatic N) is 1. The predicted octanol–water partition coefficient (Wildman–Crippen LogP) is 6.11. The molecule has 0 bridgehead atoms. The molecule has 0 radical (unpaired) electrons. The summed E-state index contributed by atoms with van der Waals surface area (Å²) in [4.78, 5) is 28.1. The molecule has 0 saturated carbocycles. The lowest BCUT2D eigenvalue weighted by Gasteiger charge is -2.48. The molecule has 2 atom stereocenters. The zero-order valence-corrected chi connectivity index (χ0v) is 22.0. The number of hydrogen-bond acceptors (Lipinski definition) is 4. The second kappa shape index (κ2) is 9.81. The Labute approximate surface area is 199 Å². The van der Waals surface area contributed by atoms with E-state index in [1.807, 2.05) is 48.5 Å². The minimum absolute atomic E-state index is 0.00681. The molecule has 1 fully saturated rings. The number of likely N-dealkylation sites (tertiary alicyclic amines) is 1. The number of amides is 2. The first-order valence-electron chi connectivity index (χ1n) is 11.9. The van der Waals surface area contributed by atoms with Crippen LogP contribution < -0.4 is 4.74 Å². The van der Waals surface area contributed by atoms with Crippen molar-refractivity contribution >= 4 is 20.1 Å². The van der Waals surface area contributed by atoms with Crippen LogP contribution in [0, 0.1) is 0 Å². The Morgan fingerprint density at radius 3 is 1.94 bits per heavy atom. The third-order valence-electron chi connectivity index (χ3n) is 7.03. The van der Waals surface area contributed by atoms with Crippen molar-refractivity contribution in [2.24, 2.45) is 0 Å². The first-order chi connectivity index (χ1) is 15.6. The molecule has 0 aliphatic carbocycles. The van der Waals surface area contributed by atoms with Gasteiger partial charge in [-0.15, -0.1) is 0 Å². The summed E-state index contributed by atoms with van der Waals surface area (Å²) in [5.41, 5.74) is 2.53. The van der Waals surface area contributed by atoms with Gasteiger partial charge in [0.1, 0.15) is 5.75 Å². The third-order valence-corrected chi connectivity index (χ3v) is 11.6. The highest BCUT2D eigenvalue weighted by molar-refractivity contribution is 6.73.